The summed E-state index contributed by atoms with van der Waals surface area (Å²) in [5, 5.41) is 0. The van der Waals surface area contributed by atoms with Crippen LogP contribution in [0, 0.1) is 0 Å². The molecule has 120 valence electrons. The highest BCUT2D eigenvalue weighted by molar-refractivity contribution is 5.89. The summed E-state index contributed by atoms with van der Waals surface area (Å²) in [6, 6.07) is 0. The van der Waals surface area contributed by atoms with Crippen molar-refractivity contribution >= 4 is 18.0 Å². The highest BCUT2D eigenvalue weighted by Crippen LogP contribution is 2.15. The fraction of sp³-hybridized carbons (Fsp3) is 0.786. The molecule has 1 saturated heterocycles. The lowest BCUT2D eigenvalue weighted by atomic mass is 10.2. The molecule has 0 aromatic rings. The average Bonchev–Trinajstić information content (AvgIpc) is 2.23. The van der Waals surface area contributed by atoms with E-state index in [2.05, 4.69) is 0 Å². The van der Waals surface area contributed by atoms with E-state index in [1.54, 1.807) is 41.5 Å². The lowest BCUT2D eigenvalue weighted by Gasteiger charge is -2.36. The molecule has 0 atom stereocenters. The van der Waals surface area contributed by atoms with Crippen molar-refractivity contribution < 1.29 is 23.9 Å². The molecule has 0 N–H and O–H groups in total. The lowest BCUT2D eigenvalue weighted by molar-refractivity contribution is -0.126. The third kappa shape index (κ3) is 6.01. The maximum atomic E-state index is 12.0. The summed E-state index contributed by atoms with van der Waals surface area (Å²) >= 11 is 0. The molecule has 0 saturated carbocycles. The molecule has 2 amide bonds. The summed E-state index contributed by atoms with van der Waals surface area (Å²) in [6.45, 7) is 10.3. The molecule has 1 heterocycles. The molecule has 1 aliphatic rings. The van der Waals surface area contributed by atoms with Crippen LogP contribution in [0.15, 0.2) is 0 Å². The van der Waals surface area contributed by atoms with Gasteiger partial charge in [-0.15, -0.1) is 0 Å². The summed E-state index contributed by atoms with van der Waals surface area (Å²) in [4.78, 5) is 38.1. The molecular weight excluding hydrogens is 276 g/mol. The number of nitrogens with zero attached hydrogens (tertiary/aromatic N) is 2. The Morgan fingerprint density at radius 3 is 1.48 bits per heavy atom. The largest absolute Gasteiger partial charge is 0.444 e. The number of rotatable bonds is 0. The van der Waals surface area contributed by atoms with E-state index in [4.69, 9.17) is 9.47 Å². The number of carbonyl (C=O) groups is 3. The molecule has 0 aromatic heterocycles. The fourth-order valence-corrected chi connectivity index (χ4v) is 1.68. The highest BCUT2D eigenvalue weighted by Gasteiger charge is 2.34. The van der Waals surface area contributed by atoms with Crippen molar-refractivity contribution in [3.63, 3.8) is 0 Å². The topological polar surface area (TPSA) is 76.2 Å². The van der Waals surface area contributed by atoms with Crippen molar-refractivity contribution in [1.82, 2.24) is 9.80 Å². The number of amides is 2. The zero-order chi connectivity index (χ0) is 16.4. The van der Waals surface area contributed by atoms with Crippen LogP contribution < -0.4 is 0 Å². The van der Waals surface area contributed by atoms with E-state index in [-0.39, 0.29) is 25.5 Å². The molecule has 0 aliphatic carbocycles. The lowest BCUT2D eigenvalue weighted by Crippen LogP contribution is -2.55. The molecule has 0 spiro atoms. The Balaban J connectivity index is 2.72. The Bertz CT molecular complexity index is 396. The van der Waals surface area contributed by atoms with Crippen LogP contribution in [0.4, 0.5) is 9.59 Å². The van der Waals surface area contributed by atoms with E-state index in [9.17, 15) is 14.4 Å². The van der Waals surface area contributed by atoms with Crippen molar-refractivity contribution in [2.75, 3.05) is 19.8 Å². The molecule has 7 heteroatoms. The van der Waals surface area contributed by atoms with Gasteiger partial charge in [-0.25, -0.2) is 9.59 Å². The van der Waals surface area contributed by atoms with Crippen LogP contribution in [0.25, 0.3) is 0 Å². The Morgan fingerprint density at radius 1 is 0.857 bits per heavy atom. The SMILES string of the molecule is CC(C)(C)OC(=O)N1CC(=O)CN(C(=O)OC(C)(C)C)C1. The van der Waals surface area contributed by atoms with Crippen LogP contribution in [0.5, 0.6) is 0 Å². The van der Waals surface area contributed by atoms with E-state index in [1.165, 1.54) is 9.80 Å². The van der Waals surface area contributed by atoms with Crippen molar-refractivity contribution in [3.05, 3.63) is 0 Å². The standard InChI is InChI=1S/C14H24N2O5/c1-13(2,3)20-11(18)15-7-10(17)8-16(9-15)12(19)21-14(4,5)6/h7-9H2,1-6H3. The van der Waals surface area contributed by atoms with Crippen LogP contribution in [-0.2, 0) is 14.3 Å². The number of carbonyl (C=O) groups excluding carboxylic acids is 3. The van der Waals surface area contributed by atoms with Crippen molar-refractivity contribution in [3.8, 4) is 0 Å². The molecule has 0 radical (unpaired) electrons. The summed E-state index contributed by atoms with van der Waals surface area (Å²) in [7, 11) is 0. The second-order valence-electron chi connectivity index (χ2n) is 7.04. The summed E-state index contributed by atoms with van der Waals surface area (Å²) in [6.07, 6.45) is -1.24. The van der Waals surface area contributed by atoms with Gasteiger partial charge < -0.3 is 9.47 Å². The van der Waals surface area contributed by atoms with Crippen LogP contribution in [-0.4, -0.2) is 58.7 Å². The van der Waals surface area contributed by atoms with E-state index in [1.807, 2.05) is 0 Å². The van der Waals surface area contributed by atoms with Gasteiger partial charge in [-0.3, -0.25) is 14.6 Å². The fourth-order valence-electron chi connectivity index (χ4n) is 1.68. The zero-order valence-electron chi connectivity index (χ0n) is 13.6. The van der Waals surface area contributed by atoms with Crippen LogP contribution >= 0.6 is 0 Å². The van der Waals surface area contributed by atoms with Gasteiger partial charge in [0, 0.05) is 0 Å². The summed E-state index contributed by atoms with van der Waals surface area (Å²) in [5.41, 5.74) is -1.32. The number of ether oxygens (including phenoxy) is 2. The third-order valence-electron chi connectivity index (χ3n) is 2.38. The molecule has 0 bridgehead atoms. The highest BCUT2D eigenvalue weighted by atomic mass is 16.6. The summed E-state index contributed by atoms with van der Waals surface area (Å²) < 4.78 is 10.4. The van der Waals surface area contributed by atoms with Crippen LogP contribution in [0.3, 0.4) is 0 Å². The van der Waals surface area contributed by atoms with E-state index >= 15 is 0 Å². The maximum absolute atomic E-state index is 12.0. The van der Waals surface area contributed by atoms with Gasteiger partial charge in [-0.05, 0) is 41.5 Å². The van der Waals surface area contributed by atoms with E-state index < -0.39 is 23.4 Å². The molecule has 21 heavy (non-hydrogen) atoms. The predicted octanol–water partition coefficient (Wildman–Crippen LogP) is 2.00. The minimum atomic E-state index is -0.658. The summed E-state index contributed by atoms with van der Waals surface area (Å²) in [5.74, 6) is -0.238. The van der Waals surface area contributed by atoms with Gasteiger partial charge in [-0.1, -0.05) is 0 Å². The number of hydrogen-bond donors (Lipinski definition) is 0. The van der Waals surface area contributed by atoms with Gasteiger partial charge in [0.1, 0.15) is 17.9 Å². The quantitative estimate of drug-likeness (QED) is 0.684. The molecule has 1 aliphatic heterocycles. The van der Waals surface area contributed by atoms with Gasteiger partial charge in [0.15, 0.2) is 5.78 Å². The molecule has 0 unspecified atom stereocenters. The van der Waals surface area contributed by atoms with Gasteiger partial charge >= 0.3 is 12.2 Å². The molecule has 7 nitrogen and oxygen atoms in total. The maximum Gasteiger partial charge on any atom is 0.412 e. The first-order valence-corrected chi connectivity index (χ1v) is 6.85. The predicted molar refractivity (Wildman–Crippen MR) is 75.8 cm³/mol. The van der Waals surface area contributed by atoms with Gasteiger partial charge in [0.2, 0.25) is 0 Å². The van der Waals surface area contributed by atoms with Gasteiger partial charge in [0.05, 0.1) is 13.1 Å². The van der Waals surface area contributed by atoms with Crippen molar-refractivity contribution in [2.45, 2.75) is 52.7 Å². The molecular formula is C14H24N2O5. The van der Waals surface area contributed by atoms with Crippen LogP contribution in [0.1, 0.15) is 41.5 Å². The third-order valence-corrected chi connectivity index (χ3v) is 2.38. The Labute approximate surface area is 125 Å². The normalized spacial score (nSPS) is 16.8. The van der Waals surface area contributed by atoms with Gasteiger partial charge in [-0.2, -0.15) is 0 Å². The second kappa shape index (κ2) is 5.91. The van der Waals surface area contributed by atoms with Gasteiger partial charge in [0.25, 0.3) is 0 Å². The molecule has 1 rings (SSSR count). The number of Topliss-reactive ketones (excluding diaryl/α,β-unsaturated/α-hetero) is 1. The van der Waals surface area contributed by atoms with Crippen molar-refractivity contribution in [1.29, 1.82) is 0 Å². The van der Waals surface area contributed by atoms with E-state index in [0.29, 0.717) is 0 Å². The molecule has 1 fully saturated rings. The van der Waals surface area contributed by atoms with E-state index in [0.717, 1.165) is 0 Å². The molecule has 0 aromatic carbocycles. The minimum Gasteiger partial charge on any atom is -0.444 e. The first-order valence-electron chi connectivity index (χ1n) is 6.85. The average molecular weight is 300 g/mol. The van der Waals surface area contributed by atoms with Crippen LogP contribution in [0.2, 0.25) is 0 Å². The monoisotopic (exact) mass is 300 g/mol. The Hall–Kier alpha value is -1.79. The Kier molecular flexibility index (Phi) is 4.86. The zero-order valence-corrected chi connectivity index (χ0v) is 13.6. The number of ketones is 1. The van der Waals surface area contributed by atoms with Crippen molar-refractivity contribution in [2.24, 2.45) is 0 Å². The first-order chi connectivity index (χ1) is 9.37. The first kappa shape index (κ1) is 17.3. The Morgan fingerprint density at radius 2 is 1.19 bits per heavy atom. The second-order valence-corrected chi connectivity index (χ2v) is 7.04. The number of hydrogen-bond acceptors (Lipinski definition) is 5. The smallest absolute Gasteiger partial charge is 0.412 e. The minimum absolute atomic E-state index is 0.0183.